The summed E-state index contributed by atoms with van der Waals surface area (Å²) >= 11 is 7.39. The highest BCUT2D eigenvalue weighted by Crippen LogP contribution is 2.49. The lowest BCUT2D eigenvalue weighted by atomic mass is 9.80. The molecule has 1 N–H and O–H groups in total. The van der Waals surface area contributed by atoms with Gasteiger partial charge in [0.15, 0.2) is 5.78 Å². The van der Waals surface area contributed by atoms with Crippen molar-refractivity contribution >= 4 is 60.1 Å². The second-order valence-electron chi connectivity index (χ2n) is 9.76. The molecule has 6 rings (SSSR count). The highest BCUT2D eigenvalue weighted by molar-refractivity contribution is 9.11. The highest BCUT2D eigenvalue weighted by atomic mass is 79.9. The van der Waals surface area contributed by atoms with E-state index in [1.807, 2.05) is 55.5 Å². The Morgan fingerprint density at radius 3 is 2.30 bits per heavy atom. The van der Waals surface area contributed by atoms with Crippen molar-refractivity contribution in [1.29, 1.82) is 0 Å². The van der Waals surface area contributed by atoms with E-state index in [4.69, 9.17) is 9.47 Å². The third-order valence-electron chi connectivity index (χ3n) is 7.30. The number of carbonyl (C=O) groups excluding carboxylic acids is 2. The van der Waals surface area contributed by atoms with Crippen molar-refractivity contribution in [2.24, 2.45) is 0 Å². The fourth-order valence-corrected chi connectivity index (χ4v) is 6.96. The second-order valence-corrected chi connectivity index (χ2v) is 11.5. The van der Waals surface area contributed by atoms with Crippen LogP contribution in [0.1, 0.15) is 46.8 Å². The van der Waals surface area contributed by atoms with Gasteiger partial charge in [0.2, 0.25) is 0 Å². The predicted molar refractivity (Wildman–Crippen MR) is 163 cm³/mol. The minimum Gasteiger partial charge on any atom is -0.487 e. The Morgan fingerprint density at radius 2 is 1.57 bits per heavy atom. The number of hydrogen-bond donors (Lipinski definition) is 1. The number of esters is 1. The first-order chi connectivity index (χ1) is 19.4. The summed E-state index contributed by atoms with van der Waals surface area (Å²) in [6, 6.07) is 25.8. The number of ketones is 1. The summed E-state index contributed by atoms with van der Waals surface area (Å²) in [5.74, 6) is -0.519. The molecule has 1 heterocycles. The highest BCUT2D eigenvalue weighted by Gasteiger charge is 2.43. The molecule has 0 bridgehead atoms. The van der Waals surface area contributed by atoms with Crippen LogP contribution in [0.3, 0.4) is 0 Å². The van der Waals surface area contributed by atoms with E-state index in [1.54, 1.807) is 6.92 Å². The van der Waals surface area contributed by atoms with Crippen LogP contribution < -0.4 is 10.1 Å². The smallest absolute Gasteiger partial charge is 0.336 e. The number of rotatable bonds is 6. The van der Waals surface area contributed by atoms with Crippen LogP contribution in [-0.4, -0.2) is 18.4 Å². The summed E-state index contributed by atoms with van der Waals surface area (Å²) in [5, 5.41) is 5.67. The fraction of sp³-hybridized carbons (Fsp3) is 0.152. The van der Waals surface area contributed by atoms with Crippen molar-refractivity contribution in [3.8, 4) is 5.75 Å². The van der Waals surface area contributed by atoms with Gasteiger partial charge in [-0.15, -0.1) is 0 Å². The van der Waals surface area contributed by atoms with Crippen molar-refractivity contribution in [3.63, 3.8) is 0 Å². The van der Waals surface area contributed by atoms with E-state index in [0.29, 0.717) is 43.7 Å². The number of dihydropyridines is 1. The zero-order valence-corrected chi connectivity index (χ0v) is 25.1. The molecule has 1 aliphatic carbocycles. The average Bonchev–Trinajstić information content (AvgIpc) is 3.23. The molecule has 0 unspecified atom stereocenters. The van der Waals surface area contributed by atoms with Crippen LogP contribution in [0, 0.1) is 0 Å². The first-order valence-corrected chi connectivity index (χ1v) is 14.6. The van der Waals surface area contributed by atoms with E-state index in [0.717, 1.165) is 27.8 Å². The van der Waals surface area contributed by atoms with Gasteiger partial charge in [-0.2, -0.15) is 0 Å². The van der Waals surface area contributed by atoms with E-state index in [1.165, 1.54) is 5.39 Å². The Kier molecular flexibility index (Phi) is 7.11. The quantitative estimate of drug-likeness (QED) is 0.212. The number of allylic oxidation sites excluding steroid dienone is 2. The molecule has 2 aliphatic rings. The summed E-state index contributed by atoms with van der Waals surface area (Å²) in [4.78, 5) is 27.0. The Labute approximate surface area is 249 Å². The molecular formula is C33H25Br2NO4. The summed E-state index contributed by atoms with van der Waals surface area (Å²) < 4.78 is 13.1. The largest absolute Gasteiger partial charge is 0.487 e. The SMILES string of the molecule is CCOC(=O)C1=C(C)NC2=C(C(=O)c3ccccc32)[C@H]1c1cc(Br)c(OCc2ccc3ccccc3c2)c(Br)c1. The maximum Gasteiger partial charge on any atom is 0.336 e. The molecule has 0 spiro atoms. The van der Waals surface area contributed by atoms with Gasteiger partial charge in [0, 0.05) is 28.3 Å². The Balaban J connectivity index is 1.38. The van der Waals surface area contributed by atoms with Crippen LogP contribution >= 0.6 is 31.9 Å². The van der Waals surface area contributed by atoms with E-state index in [-0.39, 0.29) is 12.4 Å². The van der Waals surface area contributed by atoms with Crippen molar-refractivity contribution in [3.05, 3.63) is 127 Å². The number of nitrogens with one attached hydrogen (secondary N) is 1. The molecule has 0 amide bonds. The lowest BCUT2D eigenvalue weighted by molar-refractivity contribution is -0.138. The average molecular weight is 659 g/mol. The molecule has 0 saturated carbocycles. The first kappa shape index (κ1) is 26.5. The minimum absolute atomic E-state index is 0.0960. The number of carbonyl (C=O) groups is 2. The van der Waals surface area contributed by atoms with Crippen LogP contribution in [0.2, 0.25) is 0 Å². The number of halogens is 2. The second kappa shape index (κ2) is 10.7. The van der Waals surface area contributed by atoms with E-state index in [9.17, 15) is 9.59 Å². The molecule has 0 aromatic heterocycles. The van der Waals surface area contributed by atoms with Crippen LogP contribution in [0.5, 0.6) is 5.75 Å². The van der Waals surface area contributed by atoms with Gasteiger partial charge in [-0.25, -0.2) is 4.79 Å². The third kappa shape index (κ3) is 4.57. The van der Waals surface area contributed by atoms with E-state index in [2.05, 4.69) is 67.5 Å². The molecule has 1 aliphatic heterocycles. The molecule has 4 aromatic carbocycles. The molecule has 5 nitrogen and oxygen atoms in total. The van der Waals surface area contributed by atoms with Crippen LogP contribution in [0.25, 0.3) is 16.5 Å². The molecule has 40 heavy (non-hydrogen) atoms. The van der Waals surface area contributed by atoms with Crippen molar-refractivity contribution < 1.29 is 19.1 Å². The maximum absolute atomic E-state index is 13.7. The molecule has 4 aromatic rings. The topological polar surface area (TPSA) is 64.6 Å². The summed E-state index contributed by atoms with van der Waals surface area (Å²) in [7, 11) is 0. The normalized spacial score (nSPS) is 16.1. The monoisotopic (exact) mass is 657 g/mol. The van der Waals surface area contributed by atoms with Crippen molar-refractivity contribution in [2.75, 3.05) is 6.61 Å². The maximum atomic E-state index is 13.7. The number of hydrogen-bond acceptors (Lipinski definition) is 5. The van der Waals surface area contributed by atoms with Gasteiger partial charge < -0.3 is 14.8 Å². The Morgan fingerprint density at radius 1 is 0.900 bits per heavy atom. The summed E-state index contributed by atoms with van der Waals surface area (Å²) in [5.41, 5.74) is 5.64. The van der Waals surface area contributed by atoms with Gasteiger partial charge in [-0.1, -0.05) is 60.7 Å². The minimum atomic E-state index is -0.614. The summed E-state index contributed by atoms with van der Waals surface area (Å²) in [6.45, 7) is 4.23. The van der Waals surface area contributed by atoms with Gasteiger partial charge in [-0.05, 0) is 85.8 Å². The van der Waals surface area contributed by atoms with Crippen molar-refractivity contribution in [2.45, 2.75) is 26.4 Å². The zero-order valence-electron chi connectivity index (χ0n) is 21.9. The van der Waals surface area contributed by atoms with Gasteiger partial charge in [-0.3, -0.25) is 4.79 Å². The molecule has 7 heteroatoms. The summed E-state index contributed by atoms with van der Waals surface area (Å²) in [6.07, 6.45) is 0. The molecule has 200 valence electrons. The number of fused-ring (bicyclic) bond motifs is 3. The van der Waals surface area contributed by atoms with Gasteiger partial charge in [0.25, 0.3) is 0 Å². The number of benzene rings is 4. The van der Waals surface area contributed by atoms with Gasteiger partial charge in [0.1, 0.15) is 12.4 Å². The third-order valence-corrected chi connectivity index (χ3v) is 8.47. The molecule has 0 radical (unpaired) electrons. The van der Waals surface area contributed by atoms with E-state index >= 15 is 0 Å². The number of ether oxygens (including phenoxy) is 2. The Bertz CT molecular complexity index is 1750. The Hall–Kier alpha value is -3.68. The van der Waals surface area contributed by atoms with Crippen LogP contribution in [0.4, 0.5) is 0 Å². The molecular weight excluding hydrogens is 634 g/mol. The molecule has 0 saturated heterocycles. The molecule has 0 fully saturated rings. The van der Waals surface area contributed by atoms with Gasteiger partial charge in [0.05, 0.1) is 26.8 Å². The van der Waals surface area contributed by atoms with Crippen LogP contribution in [0.15, 0.2) is 105 Å². The lowest BCUT2D eigenvalue weighted by Crippen LogP contribution is -2.29. The lowest BCUT2D eigenvalue weighted by Gasteiger charge is -2.29. The number of Topliss-reactive ketones (excluding diaryl/α,β-unsaturated/α-hetero) is 1. The van der Waals surface area contributed by atoms with Crippen LogP contribution in [-0.2, 0) is 16.1 Å². The van der Waals surface area contributed by atoms with Gasteiger partial charge >= 0.3 is 5.97 Å². The predicted octanol–water partition coefficient (Wildman–Crippen LogP) is 8.08. The standard InChI is InChI=1S/C33H25Br2NO4/c1-3-39-33(38)27-18(2)36-30-23-10-6-7-11-24(23)31(37)29(30)28(27)22-15-25(34)32(26(35)16-22)40-17-19-12-13-20-8-4-5-9-21(20)14-19/h4-16,28,36H,3,17H2,1-2H3/t28-/m0/s1. The first-order valence-electron chi connectivity index (χ1n) is 13.0. The van der Waals surface area contributed by atoms with E-state index < -0.39 is 11.9 Å². The fourth-order valence-electron chi connectivity index (χ4n) is 5.51. The molecule has 1 atom stereocenters. The van der Waals surface area contributed by atoms with Crippen molar-refractivity contribution in [1.82, 2.24) is 5.32 Å². The zero-order chi connectivity index (χ0) is 28.0.